The zero-order chi connectivity index (χ0) is 40.1. The molecule has 55 heavy (non-hydrogen) atoms. The van der Waals surface area contributed by atoms with E-state index in [9.17, 15) is 24.3 Å². The Morgan fingerprint density at radius 2 is 1.55 bits per heavy atom. The fourth-order valence-electron chi connectivity index (χ4n) is 14.0. The van der Waals surface area contributed by atoms with E-state index < -0.39 is 17.9 Å². The Morgan fingerprint density at radius 1 is 0.836 bits per heavy atom. The van der Waals surface area contributed by atoms with Crippen molar-refractivity contribution in [3.05, 3.63) is 53.6 Å². The molecule has 8 heteroatoms. The van der Waals surface area contributed by atoms with Gasteiger partial charge in [-0.3, -0.25) is 14.4 Å². The van der Waals surface area contributed by atoms with Gasteiger partial charge < -0.3 is 19.8 Å². The van der Waals surface area contributed by atoms with Gasteiger partial charge in [0.05, 0.1) is 18.4 Å². The number of hydrogen-bond donors (Lipinski definition) is 2. The van der Waals surface area contributed by atoms with Gasteiger partial charge >= 0.3 is 17.9 Å². The number of likely N-dealkylation sites (N-methyl/N-ethyl adjacent to an activating group) is 1. The van der Waals surface area contributed by atoms with Crippen molar-refractivity contribution in [1.82, 2.24) is 4.90 Å². The molecule has 0 bridgehead atoms. The number of Topliss-reactive ketones (excluding diaryl/α,β-unsaturated/α-hetero) is 1. The van der Waals surface area contributed by atoms with Crippen molar-refractivity contribution in [3.63, 3.8) is 0 Å². The number of ether oxygens (including phenoxy) is 1. The van der Waals surface area contributed by atoms with Crippen molar-refractivity contribution >= 4 is 29.3 Å². The van der Waals surface area contributed by atoms with Crippen LogP contribution < -0.4 is 0 Å². The zero-order valence-corrected chi connectivity index (χ0v) is 34.7. The molecule has 2 N–H and O–H groups in total. The molecule has 4 fully saturated rings. The summed E-state index contributed by atoms with van der Waals surface area (Å²) in [5.41, 5.74) is 4.21. The van der Waals surface area contributed by atoms with E-state index in [0.29, 0.717) is 53.9 Å². The van der Waals surface area contributed by atoms with Crippen LogP contribution in [0.1, 0.15) is 141 Å². The summed E-state index contributed by atoms with van der Waals surface area (Å²) in [7, 11) is 1.98. The molecule has 0 aromatic heterocycles. The van der Waals surface area contributed by atoms with Gasteiger partial charge in [0, 0.05) is 18.4 Å². The number of aliphatic carboxylic acids is 1. The average Bonchev–Trinajstić information content (AvgIpc) is 3.52. The lowest BCUT2D eigenvalue weighted by atomic mass is 9.32. The minimum Gasteiger partial charge on any atom is -0.481 e. The van der Waals surface area contributed by atoms with E-state index in [1.54, 1.807) is 12.1 Å². The number of fused-ring (bicyclic) bond motifs is 7. The summed E-state index contributed by atoms with van der Waals surface area (Å²) in [6, 6.07) is 7.49. The van der Waals surface area contributed by atoms with Gasteiger partial charge in [-0.1, -0.05) is 65.0 Å². The van der Waals surface area contributed by atoms with Gasteiger partial charge in [0.15, 0.2) is 0 Å². The van der Waals surface area contributed by atoms with Crippen molar-refractivity contribution in [1.29, 1.82) is 0 Å². The molecule has 0 aliphatic heterocycles. The Morgan fingerprint density at radius 3 is 2.20 bits per heavy atom. The summed E-state index contributed by atoms with van der Waals surface area (Å²) in [5.74, 6) is 0.380. The first-order valence-electron chi connectivity index (χ1n) is 21.1. The van der Waals surface area contributed by atoms with Crippen molar-refractivity contribution < 1.29 is 34.1 Å². The minimum atomic E-state index is -1.01. The Bertz CT molecular complexity index is 1710. The van der Waals surface area contributed by atoms with Crippen LogP contribution in [-0.2, 0) is 19.1 Å². The van der Waals surface area contributed by atoms with Gasteiger partial charge in [-0.25, -0.2) is 4.79 Å². The number of hydrogen-bond acceptors (Lipinski definition) is 6. The monoisotopic (exact) mass is 757 g/mol. The third-order valence-electron chi connectivity index (χ3n) is 16.9. The maximum atomic E-state index is 14.6. The highest BCUT2D eigenvalue weighted by molar-refractivity contribution is 5.88. The highest BCUT2D eigenvalue weighted by Crippen LogP contribution is 2.78. The molecular weight excluding hydrogens is 691 g/mol. The Kier molecular flexibility index (Phi) is 11.5. The first-order chi connectivity index (χ1) is 25.8. The Labute approximate surface area is 329 Å². The SMILES string of the molecule is C=C(C)[C@@H]1CC[C@]2(C(=O)CCCN(C)CCOC(=O)CCC(=O)O)CC[C@]3(C)[C@H](CC[C@@H]4[C@@]5(C)CC=C(c6ccc(C(=O)O)cc6)C(C)(C)[C@@H]5CC[C@]43C)[C@@H]12. The van der Waals surface area contributed by atoms with Crippen LogP contribution in [0.4, 0.5) is 0 Å². The molecule has 4 saturated carbocycles. The predicted octanol–water partition coefficient (Wildman–Crippen LogP) is 9.72. The van der Waals surface area contributed by atoms with Crippen molar-refractivity contribution in [2.24, 2.45) is 56.7 Å². The summed E-state index contributed by atoms with van der Waals surface area (Å²) in [4.78, 5) is 50.9. The smallest absolute Gasteiger partial charge is 0.335 e. The molecule has 0 spiro atoms. The molecular formula is C47H67NO7. The second-order valence-electron chi connectivity index (χ2n) is 19.7. The molecule has 1 aromatic rings. The third-order valence-corrected chi connectivity index (χ3v) is 16.9. The molecule has 0 heterocycles. The highest BCUT2D eigenvalue weighted by Gasteiger charge is 2.71. The molecule has 9 atom stereocenters. The standard InChI is InChI=1S/C47H67NO7/c1-30(2)33-19-24-47(38(49)10-9-27-48(8)28-29-55-40(52)18-17-39(50)51)26-25-45(6)35(41(33)47)15-16-37-44(5)22-20-34(31-11-13-32(14-12-31)42(53)54)43(3,4)36(44)21-23-46(37,45)7/h11-14,20,33,35-37,41H,1,9-10,15-19,21-29H2,2-8H3,(H,50,51)(H,53,54)/t33-,35+,36-,37+,41+,44-,45+,46+,47+/m0/s1. The molecule has 6 rings (SSSR count). The van der Waals surface area contributed by atoms with Gasteiger partial charge in [0.1, 0.15) is 12.4 Å². The molecule has 8 nitrogen and oxygen atoms in total. The topological polar surface area (TPSA) is 121 Å². The summed E-state index contributed by atoms with van der Waals surface area (Å²) in [6.45, 7) is 20.9. The molecule has 1 aromatic carbocycles. The van der Waals surface area contributed by atoms with Crippen molar-refractivity contribution in [3.8, 4) is 0 Å². The number of aromatic carboxylic acids is 1. The summed E-state index contributed by atoms with van der Waals surface area (Å²) in [6.07, 6.45) is 13.4. The van der Waals surface area contributed by atoms with E-state index >= 15 is 0 Å². The van der Waals surface area contributed by atoms with Crippen LogP contribution in [0.3, 0.4) is 0 Å². The summed E-state index contributed by atoms with van der Waals surface area (Å²) < 4.78 is 5.22. The summed E-state index contributed by atoms with van der Waals surface area (Å²) >= 11 is 0. The fraction of sp³-hybridized carbons (Fsp3) is 0.702. The first kappa shape index (κ1) is 41.4. The van der Waals surface area contributed by atoms with Gasteiger partial charge in [-0.15, -0.1) is 0 Å². The van der Waals surface area contributed by atoms with Crippen LogP contribution in [0.25, 0.3) is 5.57 Å². The lowest BCUT2D eigenvalue weighted by Gasteiger charge is -2.72. The van der Waals surface area contributed by atoms with Crippen LogP contribution in [0, 0.1) is 56.7 Å². The van der Waals surface area contributed by atoms with Crippen LogP contribution in [-0.4, -0.2) is 65.5 Å². The Hall–Kier alpha value is -3.26. The first-order valence-corrected chi connectivity index (χ1v) is 21.1. The van der Waals surface area contributed by atoms with E-state index in [1.807, 2.05) is 19.2 Å². The largest absolute Gasteiger partial charge is 0.481 e. The second kappa shape index (κ2) is 15.2. The van der Waals surface area contributed by atoms with E-state index in [4.69, 9.17) is 9.84 Å². The minimum absolute atomic E-state index is 0.0398. The van der Waals surface area contributed by atoms with E-state index in [2.05, 4.69) is 59.1 Å². The van der Waals surface area contributed by atoms with E-state index in [1.165, 1.54) is 36.8 Å². The molecule has 0 unspecified atom stereocenters. The lowest BCUT2D eigenvalue weighted by molar-refractivity contribution is -0.224. The van der Waals surface area contributed by atoms with Gasteiger partial charge in [-0.2, -0.15) is 0 Å². The lowest BCUT2D eigenvalue weighted by Crippen LogP contribution is -2.65. The maximum absolute atomic E-state index is 14.6. The van der Waals surface area contributed by atoms with Crippen LogP contribution in [0.15, 0.2) is 42.5 Å². The molecule has 0 saturated heterocycles. The summed E-state index contributed by atoms with van der Waals surface area (Å²) in [5, 5.41) is 18.3. The molecule has 302 valence electrons. The normalized spacial score (nSPS) is 36.1. The number of carboxylic acids is 2. The van der Waals surface area contributed by atoms with Crippen molar-refractivity contribution in [2.45, 2.75) is 125 Å². The molecule has 0 amide bonds. The number of nitrogens with zero attached hydrogens (tertiary/aromatic N) is 1. The number of esters is 1. The fourth-order valence-corrected chi connectivity index (χ4v) is 14.0. The second-order valence-corrected chi connectivity index (χ2v) is 19.7. The third kappa shape index (κ3) is 7.05. The average molecular weight is 758 g/mol. The van der Waals surface area contributed by atoms with Gasteiger partial charge in [0.2, 0.25) is 0 Å². The molecule has 5 aliphatic carbocycles. The predicted molar refractivity (Wildman–Crippen MR) is 215 cm³/mol. The van der Waals surface area contributed by atoms with E-state index in [-0.39, 0.29) is 46.5 Å². The van der Waals surface area contributed by atoms with Crippen LogP contribution in [0.2, 0.25) is 0 Å². The van der Waals surface area contributed by atoms with Gasteiger partial charge in [-0.05, 0) is 159 Å². The number of carbonyl (C=O) groups is 4. The number of allylic oxidation sites excluding steroid dienone is 3. The number of ketones is 1. The van der Waals surface area contributed by atoms with E-state index in [0.717, 1.165) is 50.6 Å². The Balaban J connectivity index is 1.18. The van der Waals surface area contributed by atoms with Crippen LogP contribution in [0.5, 0.6) is 0 Å². The van der Waals surface area contributed by atoms with Gasteiger partial charge in [0.25, 0.3) is 0 Å². The van der Waals surface area contributed by atoms with Crippen LogP contribution >= 0.6 is 0 Å². The quantitative estimate of drug-likeness (QED) is 0.142. The van der Waals surface area contributed by atoms with Crippen molar-refractivity contribution in [2.75, 3.05) is 26.7 Å². The zero-order valence-electron chi connectivity index (χ0n) is 34.7. The molecule has 5 aliphatic rings. The number of rotatable bonds is 14. The number of carboxylic acid groups (broad SMARTS) is 2. The molecule has 0 radical (unpaired) electrons. The number of benzene rings is 1. The number of carbonyl (C=O) groups excluding carboxylic acids is 2. The maximum Gasteiger partial charge on any atom is 0.335 e. The highest BCUT2D eigenvalue weighted by atomic mass is 16.5.